The number of hydrogen-bond donors (Lipinski definition) is 2. The number of nitrogens with one attached hydrogen (secondary N) is 2. The van der Waals surface area contributed by atoms with Gasteiger partial charge in [-0.3, -0.25) is 0 Å². The predicted octanol–water partition coefficient (Wildman–Crippen LogP) is 3.44. The summed E-state index contributed by atoms with van der Waals surface area (Å²) in [4.78, 5) is 9.06. The Hall–Kier alpha value is -2.10. The van der Waals surface area contributed by atoms with Gasteiger partial charge < -0.3 is 10.6 Å². The Bertz CT molecular complexity index is 551. The summed E-state index contributed by atoms with van der Waals surface area (Å²) in [6, 6.07) is 8.01. The van der Waals surface area contributed by atoms with E-state index in [1.807, 2.05) is 30.3 Å². The van der Waals surface area contributed by atoms with Crippen molar-refractivity contribution in [2.75, 3.05) is 23.7 Å². The first-order valence-corrected chi connectivity index (χ1v) is 6.70. The maximum atomic E-state index is 4.53. The Kier molecular flexibility index (Phi) is 4.72. The van der Waals surface area contributed by atoms with Gasteiger partial charge in [0.1, 0.15) is 5.82 Å². The standard InChI is InChI=1S/C15H20N4/c1-3-5-11-17-15-18-13-9-7-6-8-12(13)14(19-15)16-10-4-2/h4,6-9H,2-3,5,10-11H2,1H3,(H2,16,17,18,19). The van der Waals surface area contributed by atoms with Gasteiger partial charge in [0.25, 0.3) is 0 Å². The highest BCUT2D eigenvalue weighted by Gasteiger charge is 2.06. The van der Waals surface area contributed by atoms with Gasteiger partial charge in [0, 0.05) is 18.5 Å². The second-order valence-electron chi connectivity index (χ2n) is 4.36. The highest BCUT2D eigenvalue weighted by molar-refractivity contribution is 5.90. The summed E-state index contributed by atoms with van der Waals surface area (Å²) in [7, 11) is 0. The zero-order valence-electron chi connectivity index (χ0n) is 11.3. The largest absolute Gasteiger partial charge is 0.366 e. The third-order valence-electron chi connectivity index (χ3n) is 2.83. The monoisotopic (exact) mass is 256 g/mol. The first-order chi connectivity index (χ1) is 9.35. The topological polar surface area (TPSA) is 49.8 Å². The molecule has 2 N–H and O–H groups in total. The number of nitrogens with zero attached hydrogens (tertiary/aromatic N) is 2. The third-order valence-corrected chi connectivity index (χ3v) is 2.83. The highest BCUT2D eigenvalue weighted by atomic mass is 15.1. The van der Waals surface area contributed by atoms with Crippen LogP contribution in [0.15, 0.2) is 36.9 Å². The molecule has 1 heterocycles. The van der Waals surface area contributed by atoms with Crippen LogP contribution in [0.2, 0.25) is 0 Å². The molecule has 1 aromatic heterocycles. The number of aromatic nitrogens is 2. The van der Waals surface area contributed by atoms with E-state index in [1.165, 1.54) is 0 Å². The summed E-state index contributed by atoms with van der Waals surface area (Å²) >= 11 is 0. The lowest BCUT2D eigenvalue weighted by Gasteiger charge is -2.10. The van der Waals surface area contributed by atoms with Crippen molar-refractivity contribution in [2.45, 2.75) is 19.8 Å². The number of unbranched alkanes of at least 4 members (excludes halogenated alkanes) is 1. The van der Waals surface area contributed by atoms with Gasteiger partial charge in [-0.05, 0) is 18.6 Å². The Morgan fingerprint density at radius 3 is 2.84 bits per heavy atom. The molecular formula is C15H20N4. The number of rotatable bonds is 7. The first-order valence-electron chi connectivity index (χ1n) is 6.70. The molecule has 0 aliphatic heterocycles. The van der Waals surface area contributed by atoms with Crippen LogP contribution < -0.4 is 10.6 Å². The minimum Gasteiger partial charge on any atom is -0.366 e. The van der Waals surface area contributed by atoms with Crippen molar-refractivity contribution in [3.05, 3.63) is 36.9 Å². The molecule has 0 fully saturated rings. The van der Waals surface area contributed by atoms with E-state index in [0.29, 0.717) is 12.5 Å². The van der Waals surface area contributed by atoms with Gasteiger partial charge in [-0.25, -0.2) is 4.98 Å². The highest BCUT2D eigenvalue weighted by Crippen LogP contribution is 2.21. The molecule has 0 amide bonds. The van der Waals surface area contributed by atoms with Crippen LogP contribution in [0.1, 0.15) is 19.8 Å². The molecule has 1 aromatic carbocycles. The van der Waals surface area contributed by atoms with Gasteiger partial charge in [0.2, 0.25) is 5.95 Å². The number of hydrogen-bond acceptors (Lipinski definition) is 4. The fraction of sp³-hybridized carbons (Fsp3) is 0.333. The number of fused-ring (bicyclic) bond motifs is 1. The molecular weight excluding hydrogens is 236 g/mol. The van der Waals surface area contributed by atoms with Crippen molar-refractivity contribution < 1.29 is 0 Å². The minimum absolute atomic E-state index is 0.679. The number of benzene rings is 1. The molecule has 2 rings (SSSR count). The van der Waals surface area contributed by atoms with E-state index in [2.05, 4.69) is 34.1 Å². The average molecular weight is 256 g/mol. The molecule has 2 aromatic rings. The van der Waals surface area contributed by atoms with Crippen molar-refractivity contribution in [3.63, 3.8) is 0 Å². The van der Waals surface area contributed by atoms with Crippen LogP contribution in [0, 0.1) is 0 Å². The van der Waals surface area contributed by atoms with Crippen LogP contribution in [-0.2, 0) is 0 Å². The van der Waals surface area contributed by atoms with Crippen LogP contribution in [-0.4, -0.2) is 23.1 Å². The van der Waals surface area contributed by atoms with Crippen molar-refractivity contribution in [3.8, 4) is 0 Å². The van der Waals surface area contributed by atoms with Crippen LogP contribution in [0.5, 0.6) is 0 Å². The Balaban J connectivity index is 2.29. The molecule has 100 valence electrons. The van der Waals surface area contributed by atoms with Gasteiger partial charge in [-0.2, -0.15) is 4.98 Å². The van der Waals surface area contributed by atoms with E-state index in [-0.39, 0.29) is 0 Å². The molecule has 0 saturated carbocycles. The summed E-state index contributed by atoms with van der Waals surface area (Å²) in [5, 5.41) is 7.56. The van der Waals surface area contributed by atoms with Crippen LogP contribution >= 0.6 is 0 Å². The Morgan fingerprint density at radius 2 is 2.05 bits per heavy atom. The van der Waals surface area contributed by atoms with E-state index < -0.39 is 0 Å². The van der Waals surface area contributed by atoms with Gasteiger partial charge in [-0.1, -0.05) is 31.6 Å². The molecule has 0 bridgehead atoms. The molecule has 4 heteroatoms. The van der Waals surface area contributed by atoms with Crippen LogP contribution in [0.3, 0.4) is 0 Å². The molecule has 0 radical (unpaired) electrons. The molecule has 0 atom stereocenters. The third kappa shape index (κ3) is 3.44. The molecule has 0 spiro atoms. The van der Waals surface area contributed by atoms with Crippen molar-refractivity contribution in [2.24, 2.45) is 0 Å². The lowest BCUT2D eigenvalue weighted by molar-refractivity contribution is 0.827. The van der Waals surface area contributed by atoms with Gasteiger partial charge in [0.05, 0.1) is 5.52 Å². The van der Waals surface area contributed by atoms with E-state index in [9.17, 15) is 0 Å². The van der Waals surface area contributed by atoms with Gasteiger partial charge >= 0.3 is 0 Å². The lowest BCUT2D eigenvalue weighted by atomic mass is 10.2. The molecule has 0 aliphatic carbocycles. The van der Waals surface area contributed by atoms with Crippen molar-refractivity contribution in [1.29, 1.82) is 0 Å². The number of anilines is 2. The SMILES string of the molecule is C=CCNc1nc(NCCCC)nc2ccccc12. The quantitative estimate of drug-likeness (QED) is 0.588. The first kappa shape index (κ1) is 13.3. The minimum atomic E-state index is 0.679. The maximum Gasteiger partial charge on any atom is 0.225 e. The van der Waals surface area contributed by atoms with E-state index >= 15 is 0 Å². The van der Waals surface area contributed by atoms with Gasteiger partial charge in [0.15, 0.2) is 0 Å². The smallest absolute Gasteiger partial charge is 0.225 e. The fourth-order valence-corrected chi connectivity index (χ4v) is 1.84. The second-order valence-corrected chi connectivity index (χ2v) is 4.36. The summed E-state index contributed by atoms with van der Waals surface area (Å²) in [6.07, 6.45) is 4.09. The Labute approximate surface area is 114 Å². The summed E-state index contributed by atoms with van der Waals surface area (Å²) in [6.45, 7) is 7.47. The van der Waals surface area contributed by atoms with Crippen molar-refractivity contribution >= 4 is 22.7 Å². The number of para-hydroxylation sites is 1. The molecule has 0 unspecified atom stereocenters. The van der Waals surface area contributed by atoms with Gasteiger partial charge in [-0.15, -0.1) is 6.58 Å². The fourth-order valence-electron chi connectivity index (χ4n) is 1.84. The molecule has 19 heavy (non-hydrogen) atoms. The van der Waals surface area contributed by atoms with E-state index in [0.717, 1.165) is 36.1 Å². The summed E-state index contributed by atoms with van der Waals surface area (Å²) < 4.78 is 0. The predicted molar refractivity (Wildman–Crippen MR) is 81.6 cm³/mol. The second kappa shape index (κ2) is 6.73. The lowest BCUT2D eigenvalue weighted by Crippen LogP contribution is -2.08. The van der Waals surface area contributed by atoms with E-state index in [4.69, 9.17) is 0 Å². The average Bonchev–Trinajstić information content (AvgIpc) is 2.45. The molecule has 4 nitrogen and oxygen atoms in total. The van der Waals surface area contributed by atoms with Crippen LogP contribution in [0.4, 0.5) is 11.8 Å². The molecule has 0 saturated heterocycles. The normalized spacial score (nSPS) is 10.4. The maximum absolute atomic E-state index is 4.53. The zero-order valence-corrected chi connectivity index (χ0v) is 11.3. The molecule has 0 aliphatic rings. The van der Waals surface area contributed by atoms with E-state index in [1.54, 1.807) is 0 Å². The van der Waals surface area contributed by atoms with Crippen LogP contribution in [0.25, 0.3) is 10.9 Å². The Morgan fingerprint density at radius 1 is 1.21 bits per heavy atom. The van der Waals surface area contributed by atoms with Crippen molar-refractivity contribution in [1.82, 2.24) is 9.97 Å². The zero-order chi connectivity index (χ0) is 13.5. The summed E-state index contributed by atoms with van der Waals surface area (Å²) in [5.74, 6) is 1.53. The summed E-state index contributed by atoms with van der Waals surface area (Å²) in [5.41, 5.74) is 0.947.